The van der Waals surface area contributed by atoms with E-state index in [-0.39, 0.29) is 17.6 Å². The van der Waals surface area contributed by atoms with Crippen LogP contribution in [0.3, 0.4) is 0 Å². The third-order valence-electron chi connectivity index (χ3n) is 3.05. The van der Waals surface area contributed by atoms with Gasteiger partial charge in [-0.15, -0.1) is 0 Å². The van der Waals surface area contributed by atoms with Crippen LogP contribution in [0.25, 0.3) is 0 Å². The van der Waals surface area contributed by atoms with Gasteiger partial charge < -0.3 is 0 Å². The van der Waals surface area contributed by atoms with E-state index in [0.29, 0.717) is 12.1 Å². The van der Waals surface area contributed by atoms with E-state index >= 15 is 0 Å². The van der Waals surface area contributed by atoms with Gasteiger partial charge in [-0.1, -0.05) is 37.3 Å². The molecule has 0 radical (unpaired) electrons. The number of benzene rings is 2. The van der Waals surface area contributed by atoms with Crippen molar-refractivity contribution in [3.05, 3.63) is 66.0 Å². The van der Waals surface area contributed by atoms with Gasteiger partial charge in [-0.05, 0) is 35.7 Å². The number of anilines is 1. The van der Waals surface area contributed by atoms with Crippen molar-refractivity contribution < 1.29 is 9.18 Å². The Labute approximate surface area is 117 Å². The fourth-order valence-corrected chi connectivity index (χ4v) is 1.90. The average Bonchev–Trinajstić information content (AvgIpc) is 2.47. The number of rotatable bonds is 5. The zero-order valence-electron chi connectivity index (χ0n) is 11.3. The fourth-order valence-electron chi connectivity index (χ4n) is 1.90. The van der Waals surface area contributed by atoms with Crippen LogP contribution < -0.4 is 10.9 Å². The number of carbonyl (C=O) groups is 1. The highest BCUT2D eigenvalue weighted by Gasteiger charge is 2.10. The maximum atomic E-state index is 12.7. The monoisotopic (exact) mass is 272 g/mol. The number of nitrogens with one attached hydrogen (secondary N) is 2. The Balaban J connectivity index is 1.82. The van der Waals surface area contributed by atoms with Gasteiger partial charge in [0.05, 0.1) is 5.69 Å². The molecule has 2 rings (SSSR count). The predicted molar refractivity (Wildman–Crippen MR) is 77.6 cm³/mol. The topological polar surface area (TPSA) is 41.1 Å². The summed E-state index contributed by atoms with van der Waals surface area (Å²) < 4.78 is 12.7. The molecule has 104 valence electrons. The first kappa shape index (κ1) is 14.1. The van der Waals surface area contributed by atoms with E-state index in [9.17, 15) is 9.18 Å². The summed E-state index contributed by atoms with van der Waals surface area (Å²) in [6.07, 6.45) is 0.387. The minimum atomic E-state index is -0.306. The van der Waals surface area contributed by atoms with Gasteiger partial charge in [-0.2, -0.15) is 0 Å². The molecule has 0 saturated carbocycles. The van der Waals surface area contributed by atoms with E-state index in [4.69, 9.17) is 0 Å². The fraction of sp³-hybridized carbons (Fsp3) is 0.188. The lowest BCUT2D eigenvalue weighted by Gasteiger charge is -2.13. The van der Waals surface area contributed by atoms with Crippen molar-refractivity contribution in [2.45, 2.75) is 19.3 Å². The second-order valence-corrected chi connectivity index (χ2v) is 4.70. The second kappa shape index (κ2) is 6.70. The molecule has 2 N–H and O–H groups in total. The molecule has 0 spiro atoms. The summed E-state index contributed by atoms with van der Waals surface area (Å²) in [6, 6.07) is 15.7. The first-order valence-corrected chi connectivity index (χ1v) is 6.50. The summed E-state index contributed by atoms with van der Waals surface area (Å²) in [5.74, 6) is -0.267. The molecule has 4 heteroatoms. The average molecular weight is 272 g/mol. The van der Waals surface area contributed by atoms with Crippen LogP contribution in [0.4, 0.5) is 10.1 Å². The zero-order chi connectivity index (χ0) is 14.4. The molecule has 0 aliphatic rings. The standard InChI is InChI=1S/C16H17FN2O/c1-12(13-5-3-2-4-6-13)11-16(20)19-18-15-9-7-14(17)8-10-15/h2-10,12,18H,11H2,1H3,(H,19,20). The molecule has 2 aromatic carbocycles. The highest BCUT2D eigenvalue weighted by atomic mass is 19.1. The second-order valence-electron chi connectivity index (χ2n) is 4.70. The van der Waals surface area contributed by atoms with E-state index in [0.717, 1.165) is 5.56 Å². The van der Waals surface area contributed by atoms with Gasteiger partial charge in [-0.3, -0.25) is 15.6 Å². The molecular weight excluding hydrogens is 255 g/mol. The first-order valence-electron chi connectivity index (χ1n) is 6.50. The number of hydrazine groups is 1. The number of hydrogen-bond acceptors (Lipinski definition) is 2. The summed E-state index contributed by atoms with van der Waals surface area (Å²) in [5.41, 5.74) is 7.14. The third-order valence-corrected chi connectivity index (χ3v) is 3.05. The molecule has 1 unspecified atom stereocenters. The van der Waals surface area contributed by atoms with E-state index in [1.165, 1.54) is 12.1 Å². The third kappa shape index (κ3) is 4.09. The Morgan fingerprint density at radius 2 is 1.75 bits per heavy atom. The predicted octanol–water partition coefficient (Wildman–Crippen LogP) is 3.46. The van der Waals surface area contributed by atoms with Gasteiger partial charge >= 0.3 is 0 Å². The largest absolute Gasteiger partial charge is 0.299 e. The molecule has 0 bridgehead atoms. The van der Waals surface area contributed by atoms with Crippen LogP contribution in [0.5, 0.6) is 0 Å². The van der Waals surface area contributed by atoms with Gasteiger partial charge in [0.1, 0.15) is 5.82 Å². The highest BCUT2D eigenvalue weighted by molar-refractivity contribution is 5.78. The zero-order valence-corrected chi connectivity index (χ0v) is 11.3. The Kier molecular flexibility index (Phi) is 4.71. The lowest BCUT2D eigenvalue weighted by atomic mass is 9.98. The molecular formula is C16H17FN2O. The number of halogens is 1. The van der Waals surface area contributed by atoms with Crippen molar-refractivity contribution in [2.24, 2.45) is 0 Å². The van der Waals surface area contributed by atoms with Crippen molar-refractivity contribution >= 4 is 11.6 Å². The lowest BCUT2D eigenvalue weighted by Crippen LogP contribution is -2.30. The van der Waals surface area contributed by atoms with Gasteiger partial charge in [0.2, 0.25) is 5.91 Å². The van der Waals surface area contributed by atoms with E-state index in [1.807, 2.05) is 37.3 Å². The number of hydrogen-bond donors (Lipinski definition) is 2. The molecule has 1 amide bonds. The molecule has 1 atom stereocenters. The smallest absolute Gasteiger partial charge is 0.238 e. The Morgan fingerprint density at radius 3 is 2.40 bits per heavy atom. The quantitative estimate of drug-likeness (QED) is 0.818. The summed E-state index contributed by atoms with van der Waals surface area (Å²) in [5, 5.41) is 0. The normalized spacial score (nSPS) is 11.7. The van der Waals surface area contributed by atoms with Crippen molar-refractivity contribution in [2.75, 3.05) is 5.43 Å². The first-order chi connectivity index (χ1) is 9.65. The minimum absolute atomic E-state index is 0.106. The van der Waals surface area contributed by atoms with Crippen LogP contribution in [-0.4, -0.2) is 5.91 Å². The summed E-state index contributed by atoms with van der Waals surface area (Å²) >= 11 is 0. The van der Waals surface area contributed by atoms with Crippen molar-refractivity contribution in [3.63, 3.8) is 0 Å². The molecule has 2 aromatic rings. The minimum Gasteiger partial charge on any atom is -0.299 e. The molecule has 0 aliphatic heterocycles. The van der Waals surface area contributed by atoms with Gasteiger partial charge in [0.25, 0.3) is 0 Å². The molecule has 0 aliphatic carbocycles. The molecule has 0 heterocycles. The summed E-state index contributed by atoms with van der Waals surface area (Å²) in [6.45, 7) is 2.01. The molecule has 0 aromatic heterocycles. The highest BCUT2D eigenvalue weighted by Crippen LogP contribution is 2.18. The Morgan fingerprint density at radius 1 is 1.10 bits per heavy atom. The van der Waals surface area contributed by atoms with Gasteiger partial charge in [0.15, 0.2) is 0 Å². The van der Waals surface area contributed by atoms with Crippen LogP contribution in [-0.2, 0) is 4.79 Å². The number of amides is 1. The maximum absolute atomic E-state index is 12.7. The van der Waals surface area contributed by atoms with Crippen LogP contribution in [0.1, 0.15) is 24.8 Å². The summed E-state index contributed by atoms with van der Waals surface area (Å²) in [7, 11) is 0. The molecule has 0 fully saturated rings. The molecule has 3 nitrogen and oxygen atoms in total. The van der Waals surface area contributed by atoms with Crippen LogP contribution in [0.2, 0.25) is 0 Å². The number of carbonyl (C=O) groups excluding carboxylic acids is 1. The van der Waals surface area contributed by atoms with E-state index in [1.54, 1.807) is 12.1 Å². The Bertz CT molecular complexity index is 554. The van der Waals surface area contributed by atoms with Crippen LogP contribution >= 0.6 is 0 Å². The summed E-state index contributed by atoms with van der Waals surface area (Å²) in [4.78, 5) is 11.8. The van der Waals surface area contributed by atoms with Crippen LogP contribution in [0.15, 0.2) is 54.6 Å². The molecule has 0 saturated heterocycles. The maximum Gasteiger partial charge on any atom is 0.238 e. The van der Waals surface area contributed by atoms with Crippen molar-refractivity contribution in [1.82, 2.24) is 5.43 Å². The van der Waals surface area contributed by atoms with Crippen molar-refractivity contribution in [1.29, 1.82) is 0 Å². The van der Waals surface area contributed by atoms with E-state index in [2.05, 4.69) is 10.9 Å². The molecule has 20 heavy (non-hydrogen) atoms. The van der Waals surface area contributed by atoms with Crippen molar-refractivity contribution in [3.8, 4) is 0 Å². The van der Waals surface area contributed by atoms with Gasteiger partial charge in [0, 0.05) is 6.42 Å². The SMILES string of the molecule is CC(CC(=O)NNc1ccc(F)cc1)c1ccccc1. The Hall–Kier alpha value is -2.36. The van der Waals surface area contributed by atoms with E-state index < -0.39 is 0 Å². The van der Waals surface area contributed by atoms with Gasteiger partial charge in [-0.25, -0.2) is 4.39 Å². The lowest BCUT2D eigenvalue weighted by molar-refractivity contribution is -0.120. The van der Waals surface area contributed by atoms with Crippen LogP contribution in [0, 0.1) is 5.82 Å².